The van der Waals surface area contributed by atoms with Gasteiger partial charge in [0, 0.05) is 30.7 Å². The van der Waals surface area contributed by atoms with Crippen molar-refractivity contribution >= 4 is 0 Å². The molecule has 20 heavy (non-hydrogen) atoms. The van der Waals surface area contributed by atoms with Crippen molar-refractivity contribution in [3.05, 3.63) is 29.8 Å². The van der Waals surface area contributed by atoms with Gasteiger partial charge in [0.1, 0.15) is 5.75 Å². The van der Waals surface area contributed by atoms with E-state index in [0.29, 0.717) is 12.1 Å². The zero-order valence-electron chi connectivity index (χ0n) is 13.2. The van der Waals surface area contributed by atoms with E-state index in [1.165, 1.54) is 24.9 Å². The van der Waals surface area contributed by atoms with E-state index in [9.17, 15) is 0 Å². The SMILES string of the molecule is CNC(CN(CC1CC1)C(C)C)c1ccccc1OC. The van der Waals surface area contributed by atoms with E-state index in [2.05, 4.69) is 36.2 Å². The van der Waals surface area contributed by atoms with Crippen LogP contribution in [0.5, 0.6) is 5.75 Å². The van der Waals surface area contributed by atoms with Crippen molar-refractivity contribution in [1.82, 2.24) is 10.2 Å². The smallest absolute Gasteiger partial charge is 0.123 e. The molecule has 0 heterocycles. The van der Waals surface area contributed by atoms with E-state index in [1.54, 1.807) is 7.11 Å². The van der Waals surface area contributed by atoms with Crippen molar-refractivity contribution < 1.29 is 4.74 Å². The van der Waals surface area contributed by atoms with E-state index in [-0.39, 0.29) is 0 Å². The van der Waals surface area contributed by atoms with Crippen LogP contribution >= 0.6 is 0 Å². The molecule has 112 valence electrons. The molecule has 0 aromatic heterocycles. The Balaban J connectivity index is 2.09. The Morgan fingerprint density at radius 1 is 1.30 bits per heavy atom. The van der Waals surface area contributed by atoms with Gasteiger partial charge in [0.25, 0.3) is 0 Å². The molecule has 2 rings (SSSR count). The fraction of sp³-hybridized carbons (Fsp3) is 0.647. The largest absolute Gasteiger partial charge is 0.496 e. The van der Waals surface area contributed by atoms with Crippen LogP contribution in [0.1, 0.15) is 38.3 Å². The molecule has 1 aliphatic carbocycles. The summed E-state index contributed by atoms with van der Waals surface area (Å²) < 4.78 is 5.51. The third-order valence-electron chi connectivity index (χ3n) is 4.20. The highest BCUT2D eigenvalue weighted by molar-refractivity contribution is 5.36. The van der Waals surface area contributed by atoms with Gasteiger partial charge in [-0.25, -0.2) is 0 Å². The maximum Gasteiger partial charge on any atom is 0.123 e. The number of methoxy groups -OCH3 is 1. The van der Waals surface area contributed by atoms with Gasteiger partial charge in [-0.05, 0) is 45.7 Å². The fourth-order valence-electron chi connectivity index (χ4n) is 2.66. The Kier molecular flexibility index (Phi) is 5.44. The van der Waals surface area contributed by atoms with E-state index >= 15 is 0 Å². The zero-order valence-corrected chi connectivity index (χ0v) is 13.2. The van der Waals surface area contributed by atoms with Gasteiger partial charge in [-0.3, -0.25) is 4.90 Å². The minimum Gasteiger partial charge on any atom is -0.496 e. The Morgan fingerprint density at radius 3 is 2.55 bits per heavy atom. The predicted octanol–water partition coefficient (Wildman–Crippen LogP) is 3.08. The second-order valence-electron chi connectivity index (χ2n) is 6.07. The molecule has 3 nitrogen and oxygen atoms in total. The minimum absolute atomic E-state index is 0.312. The Hall–Kier alpha value is -1.06. The number of rotatable bonds is 8. The van der Waals surface area contributed by atoms with Crippen LogP contribution in [0.15, 0.2) is 24.3 Å². The van der Waals surface area contributed by atoms with Crippen LogP contribution in [0.3, 0.4) is 0 Å². The average Bonchev–Trinajstić information content (AvgIpc) is 3.27. The molecular weight excluding hydrogens is 248 g/mol. The quantitative estimate of drug-likeness (QED) is 0.789. The summed E-state index contributed by atoms with van der Waals surface area (Å²) in [4.78, 5) is 2.59. The first-order chi connectivity index (χ1) is 9.65. The van der Waals surface area contributed by atoms with Crippen LogP contribution in [0, 0.1) is 5.92 Å². The van der Waals surface area contributed by atoms with Crippen molar-refractivity contribution in [2.75, 3.05) is 27.2 Å². The van der Waals surface area contributed by atoms with Gasteiger partial charge in [-0.2, -0.15) is 0 Å². The van der Waals surface area contributed by atoms with Crippen LogP contribution in [0.25, 0.3) is 0 Å². The van der Waals surface area contributed by atoms with Crippen molar-refractivity contribution in [2.45, 2.75) is 38.8 Å². The Bertz CT molecular complexity index is 415. The number of hydrogen-bond acceptors (Lipinski definition) is 3. The average molecular weight is 276 g/mol. The molecule has 1 atom stereocenters. The molecule has 1 saturated carbocycles. The predicted molar refractivity (Wildman–Crippen MR) is 84.2 cm³/mol. The second-order valence-corrected chi connectivity index (χ2v) is 6.07. The molecule has 0 saturated heterocycles. The van der Waals surface area contributed by atoms with Crippen LogP contribution in [0.4, 0.5) is 0 Å². The highest BCUT2D eigenvalue weighted by atomic mass is 16.5. The highest BCUT2D eigenvalue weighted by Crippen LogP contribution is 2.32. The fourth-order valence-corrected chi connectivity index (χ4v) is 2.66. The molecule has 1 fully saturated rings. The van der Waals surface area contributed by atoms with Crippen molar-refractivity contribution in [1.29, 1.82) is 0 Å². The summed E-state index contributed by atoms with van der Waals surface area (Å²) in [7, 11) is 3.78. The summed E-state index contributed by atoms with van der Waals surface area (Å²) in [6.07, 6.45) is 2.81. The highest BCUT2D eigenvalue weighted by Gasteiger charge is 2.27. The number of nitrogens with zero attached hydrogens (tertiary/aromatic N) is 1. The van der Waals surface area contributed by atoms with Gasteiger partial charge < -0.3 is 10.1 Å². The Morgan fingerprint density at radius 2 is 2.00 bits per heavy atom. The number of nitrogens with one attached hydrogen (secondary N) is 1. The lowest BCUT2D eigenvalue weighted by Gasteiger charge is -2.31. The Labute approximate surface area is 123 Å². The summed E-state index contributed by atoms with van der Waals surface area (Å²) in [5.74, 6) is 1.90. The second kappa shape index (κ2) is 7.09. The normalized spacial score (nSPS) is 16.7. The first kappa shape index (κ1) is 15.3. The summed E-state index contributed by atoms with van der Waals surface area (Å²) in [5.41, 5.74) is 1.25. The topological polar surface area (TPSA) is 24.5 Å². The van der Waals surface area contributed by atoms with Crippen molar-refractivity contribution in [2.24, 2.45) is 5.92 Å². The third-order valence-corrected chi connectivity index (χ3v) is 4.20. The summed E-state index contributed by atoms with van der Waals surface area (Å²) in [6.45, 7) is 6.84. The minimum atomic E-state index is 0.312. The van der Waals surface area contributed by atoms with Crippen LogP contribution in [-0.4, -0.2) is 38.2 Å². The lowest BCUT2D eigenvalue weighted by Crippen LogP contribution is -2.39. The maximum atomic E-state index is 5.51. The molecule has 0 amide bonds. The molecule has 0 aliphatic heterocycles. The molecule has 1 unspecified atom stereocenters. The van der Waals surface area contributed by atoms with Gasteiger partial charge in [0.15, 0.2) is 0 Å². The standard InChI is InChI=1S/C17H28N2O/c1-13(2)19(11-14-9-10-14)12-16(18-3)15-7-5-6-8-17(15)20-4/h5-8,13-14,16,18H,9-12H2,1-4H3. The molecule has 1 aromatic rings. The van der Waals surface area contributed by atoms with Gasteiger partial charge >= 0.3 is 0 Å². The van der Waals surface area contributed by atoms with Gasteiger partial charge in [-0.15, -0.1) is 0 Å². The van der Waals surface area contributed by atoms with Crippen LogP contribution in [0.2, 0.25) is 0 Å². The molecule has 1 aliphatic rings. The lowest BCUT2D eigenvalue weighted by atomic mass is 10.0. The summed E-state index contributed by atoms with van der Waals surface area (Å²) >= 11 is 0. The number of hydrogen-bond donors (Lipinski definition) is 1. The summed E-state index contributed by atoms with van der Waals surface area (Å²) in [5, 5.41) is 3.45. The molecule has 1 aromatic carbocycles. The number of benzene rings is 1. The third kappa shape index (κ3) is 3.97. The van der Waals surface area contributed by atoms with Crippen LogP contribution < -0.4 is 10.1 Å². The molecule has 1 N–H and O–H groups in total. The zero-order chi connectivity index (χ0) is 14.5. The number of para-hydroxylation sites is 1. The maximum absolute atomic E-state index is 5.51. The molecule has 0 radical (unpaired) electrons. The molecular formula is C17H28N2O. The van der Waals surface area contributed by atoms with Gasteiger partial charge in [0.05, 0.1) is 7.11 Å². The van der Waals surface area contributed by atoms with E-state index < -0.39 is 0 Å². The summed E-state index contributed by atoms with van der Waals surface area (Å²) in [6, 6.07) is 9.21. The number of likely N-dealkylation sites (N-methyl/N-ethyl adjacent to an activating group) is 1. The molecule has 0 bridgehead atoms. The van der Waals surface area contributed by atoms with E-state index in [4.69, 9.17) is 4.74 Å². The van der Waals surface area contributed by atoms with Crippen molar-refractivity contribution in [3.8, 4) is 5.75 Å². The first-order valence-corrected chi connectivity index (χ1v) is 7.70. The molecule has 3 heteroatoms. The van der Waals surface area contributed by atoms with E-state index in [1.807, 2.05) is 19.2 Å². The van der Waals surface area contributed by atoms with E-state index in [0.717, 1.165) is 18.2 Å². The monoisotopic (exact) mass is 276 g/mol. The van der Waals surface area contributed by atoms with Crippen LogP contribution in [-0.2, 0) is 0 Å². The van der Waals surface area contributed by atoms with Crippen molar-refractivity contribution in [3.63, 3.8) is 0 Å². The van der Waals surface area contributed by atoms with Gasteiger partial charge in [0.2, 0.25) is 0 Å². The van der Waals surface area contributed by atoms with Gasteiger partial charge in [-0.1, -0.05) is 18.2 Å². The first-order valence-electron chi connectivity index (χ1n) is 7.70. The number of ether oxygens (including phenoxy) is 1. The lowest BCUT2D eigenvalue weighted by molar-refractivity contribution is 0.191. The molecule has 0 spiro atoms.